The van der Waals surface area contributed by atoms with Crippen LogP contribution in [0.5, 0.6) is 11.5 Å². The van der Waals surface area contributed by atoms with Gasteiger partial charge in [-0.2, -0.15) is 0 Å². The van der Waals surface area contributed by atoms with E-state index in [1.807, 2.05) is 0 Å². The second-order valence-electron chi connectivity index (χ2n) is 6.93. The highest BCUT2D eigenvalue weighted by molar-refractivity contribution is 7.90. The Bertz CT molecular complexity index is 723. The molecule has 0 saturated carbocycles. The quantitative estimate of drug-likeness (QED) is 0.786. The SMILES string of the molecule is COc1cc2c(cc1OC)C1(CCN(CCS(C)(=O)=O)CC1)OCC2. The fraction of sp³-hybridized carbons (Fsp3) is 0.667. The number of hydrogen-bond acceptors (Lipinski definition) is 6. The predicted molar refractivity (Wildman–Crippen MR) is 96.3 cm³/mol. The van der Waals surface area contributed by atoms with Gasteiger partial charge in [-0.05, 0) is 42.5 Å². The Morgan fingerprint density at radius 2 is 1.80 bits per heavy atom. The van der Waals surface area contributed by atoms with Gasteiger partial charge in [0.15, 0.2) is 11.5 Å². The average Bonchev–Trinajstić information content (AvgIpc) is 2.60. The van der Waals surface area contributed by atoms with Gasteiger partial charge in [0.05, 0.1) is 32.2 Å². The Morgan fingerprint density at radius 1 is 1.16 bits per heavy atom. The Morgan fingerprint density at radius 3 is 2.40 bits per heavy atom. The Hall–Kier alpha value is -1.31. The summed E-state index contributed by atoms with van der Waals surface area (Å²) in [7, 11) is 0.374. The molecule has 140 valence electrons. The molecule has 25 heavy (non-hydrogen) atoms. The maximum absolute atomic E-state index is 11.4. The molecule has 2 aliphatic heterocycles. The van der Waals surface area contributed by atoms with E-state index in [1.165, 1.54) is 17.4 Å². The molecule has 0 aromatic heterocycles. The van der Waals surface area contributed by atoms with E-state index in [-0.39, 0.29) is 11.4 Å². The molecule has 1 aromatic carbocycles. The van der Waals surface area contributed by atoms with E-state index in [9.17, 15) is 8.42 Å². The number of methoxy groups -OCH3 is 2. The summed E-state index contributed by atoms with van der Waals surface area (Å²) in [5, 5.41) is 0. The molecule has 3 rings (SSSR count). The summed E-state index contributed by atoms with van der Waals surface area (Å²) in [4.78, 5) is 2.21. The van der Waals surface area contributed by atoms with E-state index in [4.69, 9.17) is 14.2 Å². The zero-order chi connectivity index (χ0) is 18.1. The van der Waals surface area contributed by atoms with Crippen molar-refractivity contribution >= 4 is 9.84 Å². The van der Waals surface area contributed by atoms with Gasteiger partial charge in [-0.1, -0.05) is 0 Å². The van der Waals surface area contributed by atoms with Crippen LogP contribution in [0.4, 0.5) is 0 Å². The monoisotopic (exact) mass is 369 g/mol. The largest absolute Gasteiger partial charge is 0.493 e. The van der Waals surface area contributed by atoms with E-state index >= 15 is 0 Å². The van der Waals surface area contributed by atoms with Gasteiger partial charge in [-0.25, -0.2) is 8.42 Å². The first-order valence-corrected chi connectivity index (χ1v) is 10.7. The van der Waals surface area contributed by atoms with E-state index in [0.717, 1.165) is 43.9 Å². The van der Waals surface area contributed by atoms with Gasteiger partial charge in [0, 0.05) is 25.9 Å². The summed E-state index contributed by atoms with van der Waals surface area (Å²) >= 11 is 0. The topological polar surface area (TPSA) is 65.1 Å². The summed E-state index contributed by atoms with van der Waals surface area (Å²) < 4.78 is 39.9. The lowest BCUT2D eigenvalue weighted by Gasteiger charge is -2.45. The highest BCUT2D eigenvalue weighted by Gasteiger charge is 2.41. The van der Waals surface area contributed by atoms with Crippen LogP contribution in [0.25, 0.3) is 0 Å². The lowest BCUT2D eigenvalue weighted by atomic mass is 9.79. The second-order valence-corrected chi connectivity index (χ2v) is 9.19. The molecule has 0 amide bonds. The number of ether oxygens (including phenoxy) is 3. The highest BCUT2D eigenvalue weighted by Crippen LogP contribution is 2.45. The average molecular weight is 369 g/mol. The number of sulfone groups is 1. The van der Waals surface area contributed by atoms with Crippen LogP contribution in [0, 0.1) is 0 Å². The lowest BCUT2D eigenvalue weighted by Crippen LogP contribution is -2.47. The number of hydrogen-bond donors (Lipinski definition) is 0. The molecule has 0 N–H and O–H groups in total. The summed E-state index contributed by atoms with van der Waals surface area (Å²) in [6.45, 7) is 2.96. The summed E-state index contributed by atoms with van der Waals surface area (Å²) in [5.74, 6) is 1.69. The van der Waals surface area contributed by atoms with Crippen LogP contribution in [0.15, 0.2) is 12.1 Å². The molecule has 2 aliphatic rings. The summed E-state index contributed by atoms with van der Waals surface area (Å²) in [5.41, 5.74) is 2.15. The molecular weight excluding hydrogens is 342 g/mol. The minimum absolute atomic E-state index is 0.211. The minimum atomic E-state index is -2.93. The zero-order valence-corrected chi connectivity index (χ0v) is 16.0. The maximum Gasteiger partial charge on any atom is 0.161 e. The highest BCUT2D eigenvalue weighted by atomic mass is 32.2. The van der Waals surface area contributed by atoms with Crippen LogP contribution in [0.3, 0.4) is 0 Å². The van der Waals surface area contributed by atoms with Gasteiger partial charge >= 0.3 is 0 Å². The van der Waals surface area contributed by atoms with Crippen LogP contribution in [0.2, 0.25) is 0 Å². The van der Waals surface area contributed by atoms with Gasteiger partial charge in [0.25, 0.3) is 0 Å². The van der Waals surface area contributed by atoms with Crippen LogP contribution in [-0.4, -0.2) is 65.8 Å². The van der Waals surface area contributed by atoms with Crippen LogP contribution in [0.1, 0.15) is 24.0 Å². The van der Waals surface area contributed by atoms with Crippen LogP contribution in [-0.2, 0) is 26.6 Å². The van der Waals surface area contributed by atoms with E-state index < -0.39 is 9.84 Å². The minimum Gasteiger partial charge on any atom is -0.493 e. The molecule has 1 saturated heterocycles. The first kappa shape index (κ1) is 18.5. The molecule has 0 radical (unpaired) electrons. The normalized spacial score (nSPS) is 20.3. The molecule has 1 aromatic rings. The number of piperidine rings is 1. The molecule has 6 nitrogen and oxygen atoms in total. The van der Waals surface area contributed by atoms with E-state index in [2.05, 4.69) is 17.0 Å². The predicted octanol–water partition coefficient (Wildman–Crippen LogP) is 1.61. The van der Waals surface area contributed by atoms with Crippen molar-refractivity contribution in [3.63, 3.8) is 0 Å². The standard InChI is InChI=1S/C18H27NO5S/c1-22-16-12-14-4-10-24-18(15(14)13-17(16)23-2)5-7-19(8-6-18)9-11-25(3,20)21/h12-13H,4-11H2,1-3H3. The molecule has 0 atom stereocenters. The third-order valence-corrected chi connectivity index (χ3v) is 6.22. The molecule has 0 aliphatic carbocycles. The van der Waals surface area contributed by atoms with Gasteiger partial charge in [0.1, 0.15) is 9.84 Å². The van der Waals surface area contributed by atoms with Crippen molar-refractivity contribution in [1.29, 1.82) is 0 Å². The van der Waals surface area contributed by atoms with Crippen molar-refractivity contribution in [2.45, 2.75) is 24.9 Å². The van der Waals surface area contributed by atoms with Gasteiger partial charge < -0.3 is 19.1 Å². The molecule has 1 fully saturated rings. The van der Waals surface area contributed by atoms with E-state index in [1.54, 1.807) is 14.2 Å². The van der Waals surface area contributed by atoms with Crippen molar-refractivity contribution in [3.05, 3.63) is 23.3 Å². The fourth-order valence-corrected chi connectivity index (χ4v) is 4.42. The Labute approximate surface area is 150 Å². The van der Waals surface area contributed by atoms with E-state index in [0.29, 0.717) is 13.2 Å². The molecular formula is C18H27NO5S. The second kappa shape index (κ2) is 7.13. The van der Waals surface area contributed by atoms with Crippen LogP contribution >= 0.6 is 0 Å². The molecule has 0 bridgehead atoms. The van der Waals surface area contributed by atoms with Crippen molar-refractivity contribution in [2.75, 3.05) is 52.5 Å². The number of likely N-dealkylation sites (tertiary alicyclic amines) is 1. The number of nitrogens with zero attached hydrogens (tertiary/aromatic N) is 1. The van der Waals surface area contributed by atoms with Crippen molar-refractivity contribution < 1.29 is 22.6 Å². The first-order chi connectivity index (χ1) is 11.9. The Kier molecular flexibility index (Phi) is 5.27. The number of benzene rings is 1. The third-order valence-electron chi connectivity index (χ3n) is 5.29. The van der Waals surface area contributed by atoms with Gasteiger partial charge in [-0.15, -0.1) is 0 Å². The van der Waals surface area contributed by atoms with Crippen molar-refractivity contribution in [2.24, 2.45) is 0 Å². The fourth-order valence-electron chi connectivity index (χ4n) is 3.83. The molecule has 1 spiro atoms. The van der Waals surface area contributed by atoms with Crippen LogP contribution < -0.4 is 9.47 Å². The molecule has 0 unspecified atom stereocenters. The first-order valence-electron chi connectivity index (χ1n) is 8.66. The Balaban J connectivity index is 1.79. The smallest absolute Gasteiger partial charge is 0.161 e. The van der Waals surface area contributed by atoms with Gasteiger partial charge in [-0.3, -0.25) is 0 Å². The summed E-state index contributed by atoms with van der Waals surface area (Å²) in [6.07, 6.45) is 3.88. The maximum atomic E-state index is 11.4. The van der Waals surface area contributed by atoms with Crippen molar-refractivity contribution in [3.8, 4) is 11.5 Å². The zero-order valence-electron chi connectivity index (χ0n) is 15.2. The third kappa shape index (κ3) is 3.93. The lowest BCUT2D eigenvalue weighted by molar-refractivity contribution is -0.0973. The molecule has 7 heteroatoms. The van der Waals surface area contributed by atoms with Crippen molar-refractivity contribution in [1.82, 2.24) is 4.90 Å². The summed E-state index contributed by atoms with van der Waals surface area (Å²) in [6, 6.07) is 4.12. The van der Waals surface area contributed by atoms with Gasteiger partial charge in [0.2, 0.25) is 0 Å². The number of fused-ring (bicyclic) bond motifs is 2. The number of rotatable bonds is 5. The molecule has 2 heterocycles.